The molecule has 0 saturated carbocycles. The van der Waals surface area contributed by atoms with E-state index in [1.807, 2.05) is 61.5 Å². The Morgan fingerprint density at radius 1 is 0.688 bits per heavy atom. The van der Waals surface area contributed by atoms with E-state index >= 15 is 0 Å². The molecular formula is C37H43N5O6. The maximum Gasteiger partial charge on any atom is 0.338 e. The van der Waals surface area contributed by atoms with E-state index in [-0.39, 0.29) is 28.2 Å². The molecule has 0 fully saturated rings. The quantitative estimate of drug-likeness (QED) is 0.0873. The molecule has 4 aromatic carbocycles. The average Bonchev–Trinajstić information content (AvgIpc) is 3.01. The van der Waals surface area contributed by atoms with Gasteiger partial charge in [-0.25, -0.2) is 4.79 Å². The van der Waals surface area contributed by atoms with Crippen LogP contribution in [0.15, 0.2) is 93.3 Å². The smallest absolute Gasteiger partial charge is 0.338 e. The van der Waals surface area contributed by atoms with E-state index in [1.165, 1.54) is 12.1 Å². The number of nitro benzene ring substituents is 1. The second kappa shape index (κ2) is 15.4. The number of benzene rings is 4. The number of carbonyl (C=O) groups excluding carboxylic acids is 1. The van der Waals surface area contributed by atoms with E-state index in [1.54, 1.807) is 61.5 Å². The molecule has 0 amide bonds. The van der Waals surface area contributed by atoms with Crippen molar-refractivity contribution in [2.75, 3.05) is 6.61 Å². The van der Waals surface area contributed by atoms with E-state index in [0.717, 1.165) is 22.3 Å². The molecule has 11 nitrogen and oxygen atoms in total. The van der Waals surface area contributed by atoms with Crippen molar-refractivity contribution in [2.24, 2.45) is 20.5 Å². The van der Waals surface area contributed by atoms with Crippen LogP contribution >= 0.6 is 0 Å². The summed E-state index contributed by atoms with van der Waals surface area (Å²) in [7, 11) is 0. The van der Waals surface area contributed by atoms with Gasteiger partial charge in [0.1, 0.15) is 11.5 Å². The number of phenols is 2. The Labute approximate surface area is 281 Å². The zero-order valence-corrected chi connectivity index (χ0v) is 28.9. The van der Waals surface area contributed by atoms with Gasteiger partial charge in [0.2, 0.25) is 0 Å². The minimum atomic E-state index is -0.458. The monoisotopic (exact) mass is 653 g/mol. The van der Waals surface area contributed by atoms with Crippen molar-refractivity contribution >= 4 is 34.4 Å². The number of carbonyl (C=O) groups is 1. The number of esters is 1. The summed E-state index contributed by atoms with van der Waals surface area (Å²) >= 11 is 0. The predicted octanol–water partition coefficient (Wildman–Crippen LogP) is 10.9. The minimum absolute atomic E-state index is 0.0134. The van der Waals surface area contributed by atoms with E-state index in [4.69, 9.17) is 4.74 Å². The largest absolute Gasteiger partial charge is 0.507 e. The molecule has 0 saturated heterocycles. The number of aryl methyl sites for hydroxylation is 2. The van der Waals surface area contributed by atoms with Crippen LogP contribution in [0.1, 0.15) is 81.1 Å². The number of ether oxygens (including phenoxy) is 1. The fraction of sp³-hybridized carbons (Fsp3) is 0.324. The lowest BCUT2D eigenvalue weighted by Gasteiger charge is -2.21. The second-order valence-corrected chi connectivity index (χ2v) is 13.3. The number of hydrogen-bond donors (Lipinski definition) is 2. The first-order chi connectivity index (χ1) is 22.4. The Hall–Kier alpha value is -5.45. The highest BCUT2D eigenvalue weighted by atomic mass is 16.6. The summed E-state index contributed by atoms with van der Waals surface area (Å²) < 4.78 is 4.95. The van der Waals surface area contributed by atoms with Gasteiger partial charge in [-0.1, -0.05) is 41.5 Å². The van der Waals surface area contributed by atoms with Crippen LogP contribution < -0.4 is 0 Å². The van der Waals surface area contributed by atoms with Gasteiger partial charge in [-0.3, -0.25) is 10.1 Å². The second-order valence-electron chi connectivity index (χ2n) is 13.3. The van der Waals surface area contributed by atoms with Gasteiger partial charge < -0.3 is 14.9 Å². The summed E-state index contributed by atoms with van der Waals surface area (Å²) in [6, 6.07) is 19.8. The van der Waals surface area contributed by atoms with Gasteiger partial charge >= 0.3 is 5.97 Å². The third-order valence-corrected chi connectivity index (χ3v) is 7.19. The van der Waals surface area contributed by atoms with E-state index in [2.05, 4.69) is 20.5 Å². The number of aromatic hydroxyl groups is 2. The third-order valence-electron chi connectivity index (χ3n) is 7.19. The van der Waals surface area contributed by atoms with Crippen LogP contribution in [-0.2, 0) is 15.6 Å². The Morgan fingerprint density at radius 2 is 1.06 bits per heavy atom. The highest BCUT2D eigenvalue weighted by Gasteiger charge is 2.21. The summed E-state index contributed by atoms with van der Waals surface area (Å²) in [6.45, 7) is 17.9. The summed E-state index contributed by atoms with van der Waals surface area (Å²) in [6.07, 6.45) is 0. The van der Waals surface area contributed by atoms with Gasteiger partial charge in [0.05, 0.1) is 39.8 Å². The molecular weight excluding hydrogens is 610 g/mol. The van der Waals surface area contributed by atoms with Crippen molar-refractivity contribution in [3.8, 4) is 11.5 Å². The van der Waals surface area contributed by atoms with Crippen molar-refractivity contribution in [2.45, 2.75) is 73.1 Å². The number of non-ortho nitro benzene ring substituents is 1. The Bertz CT molecular complexity index is 1820. The molecule has 4 rings (SSSR count). The zero-order valence-electron chi connectivity index (χ0n) is 28.9. The molecule has 11 heteroatoms. The fourth-order valence-electron chi connectivity index (χ4n) is 4.53. The molecule has 0 radical (unpaired) electrons. The molecule has 0 aliphatic heterocycles. The third kappa shape index (κ3) is 10.0. The van der Waals surface area contributed by atoms with Gasteiger partial charge in [0.25, 0.3) is 5.69 Å². The molecule has 0 aromatic heterocycles. The first-order valence-corrected chi connectivity index (χ1v) is 15.4. The Kier molecular flexibility index (Phi) is 11.9. The molecule has 2 N–H and O–H groups in total. The van der Waals surface area contributed by atoms with Crippen molar-refractivity contribution in [3.63, 3.8) is 0 Å². The lowest BCUT2D eigenvalue weighted by Crippen LogP contribution is -2.11. The van der Waals surface area contributed by atoms with Gasteiger partial charge in [0.15, 0.2) is 0 Å². The lowest BCUT2D eigenvalue weighted by molar-refractivity contribution is -0.384. The van der Waals surface area contributed by atoms with Crippen molar-refractivity contribution in [3.05, 3.63) is 111 Å². The number of nitrogens with zero attached hydrogens (tertiary/aromatic N) is 5. The summed E-state index contributed by atoms with van der Waals surface area (Å²) in [5.41, 5.74) is 5.68. The topological polar surface area (TPSA) is 159 Å². The van der Waals surface area contributed by atoms with Crippen LogP contribution in [0.3, 0.4) is 0 Å². The standard InChI is InChI=1S/C20H24N2O3.C17H19N3O3/c1-6-25-19(24)14-7-9-15(10-8-14)21-22-16-11-13(2)18(23)17(12-16)20(3,4)5;1-11-9-13(10-15(16(11)21)17(2,3)4)19-18-12-5-7-14(8-6-12)20(22)23/h7-12,23H,6H2,1-5H3;5-10,21H,1-4H3. The number of rotatable bonds is 7. The number of hydrogen-bond acceptors (Lipinski definition) is 10. The number of nitro groups is 1. The highest BCUT2D eigenvalue weighted by Crippen LogP contribution is 2.38. The van der Waals surface area contributed by atoms with Crippen LogP contribution in [0, 0.1) is 24.0 Å². The van der Waals surface area contributed by atoms with Gasteiger partial charge in [0, 0.05) is 23.3 Å². The predicted molar refractivity (Wildman–Crippen MR) is 187 cm³/mol. The molecule has 252 valence electrons. The molecule has 0 bridgehead atoms. The maximum absolute atomic E-state index is 11.6. The molecule has 0 aliphatic rings. The first kappa shape index (κ1) is 37.0. The Balaban J connectivity index is 0.000000261. The van der Waals surface area contributed by atoms with Crippen LogP contribution in [0.4, 0.5) is 28.4 Å². The van der Waals surface area contributed by atoms with Crippen molar-refractivity contribution < 1.29 is 24.7 Å². The van der Waals surface area contributed by atoms with Gasteiger partial charge in [-0.2, -0.15) is 20.5 Å². The fourth-order valence-corrected chi connectivity index (χ4v) is 4.53. The van der Waals surface area contributed by atoms with Crippen LogP contribution in [0.25, 0.3) is 0 Å². The highest BCUT2D eigenvalue weighted by molar-refractivity contribution is 5.89. The van der Waals surface area contributed by atoms with E-state index < -0.39 is 4.92 Å². The number of phenolic OH excluding ortho intramolecular Hbond substituents is 2. The Morgan fingerprint density at radius 3 is 1.42 bits per heavy atom. The summed E-state index contributed by atoms with van der Waals surface area (Å²) in [5.74, 6) is 0.215. The zero-order chi connectivity index (χ0) is 35.8. The molecule has 0 spiro atoms. The van der Waals surface area contributed by atoms with Crippen molar-refractivity contribution in [1.29, 1.82) is 0 Å². The van der Waals surface area contributed by atoms with Crippen LogP contribution in [0.5, 0.6) is 11.5 Å². The number of azo groups is 2. The van der Waals surface area contributed by atoms with Gasteiger partial charge in [-0.05, 0) is 103 Å². The van der Waals surface area contributed by atoms with Crippen LogP contribution in [-0.4, -0.2) is 27.7 Å². The van der Waals surface area contributed by atoms with E-state index in [9.17, 15) is 25.1 Å². The van der Waals surface area contributed by atoms with Crippen LogP contribution in [0.2, 0.25) is 0 Å². The summed E-state index contributed by atoms with van der Waals surface area (Å²) in [5, 5.41) is 47.8. The molecule has 0 heterocycles. The van der Waals surface area contributed by atoms with Crippen molar-refractivity contribution in [1.82, 2.24) is 0 Å². The molecule has 0 unspecified atom stereocenters. The lowest BCUT2D eigenvalue weighted by atomic mass is 9.85. The minimum Gasteiger partial charge on any atom is -0.507 e. The molecule has 0 aliphatic carbocycles. The average molecular weight is 654 g/mol. The van der Waals surface area contributed by atoms with E-state index in [0.29, 0.717) is 40.7 Å². The maximum atomic E-state index is 11.6. The van der Waals surface area contributed by atoms with Gasteiger partial charge in [-0.15, -0.1) is 0 Å². The molecule has 0 atom stereocenters. The summed E-state index contributed by atoms with van der Waals surface area (Å²) in [4.78, 5) is 21.8. The molecule has 4 aromatic rings. The normalized spacial score (nSPS) is 11.8. The molecule has 48 heavy (non-hydrogen) atoms. The first-order valence-electron chi connectivity index (χ1n) is 15.4. The SMILES string of the molecule is CCOC(=O)c1ccc(N=Nc2cc(C)c(O)c(C(C)(C)C)c2)cc1.Cc1cc(N=Nc2ccc([N+](=O)[O-])cc2)cc(C(C)(C)C)c1O.